The van der Waals surface area contributed by atoms with E-state index in [-0.39, 0.29) is 5.91 Å². The smallest absolute Gasteiger partial charge is 0.238 e. The maximum atomic E-state index is 12.8. The van der Waals surface area contributed by atoms with Gasteiger partial charge in [0.2, 0.25) is 5.91 Å². The van der Waals surface area contributed by atoms with Crippen LogP contribution in [-0.2, 0) is 16.1 Å². The molecule has 0 spiro atoms. The van der Waals surface area contributed by atoms with Gasteiger partial charge in [0.1, 0.15) is 0 Å². The molecule has 0 aliphatic carbocycles. The lowest BCUT2D eigenvalue weighted by Crippen LogP contribution is -2.43. The number of carbonyl (C=O) groups excluding carboxylic acids is 1. The van der Waals surface area contributed by atoms with Crippen molar-refractivity contribution < 1.29 is 4.79 Å². The number of thioether (sulfide) groups is 1. The predicted octanol–water partition coefficient (Wildman–Crippen LogP) is 5.36. The van der Waals surface area contributed by atoms with Crippen LogP contribution in [0.5, 0.6) is 0 Å². The first-order chi connectivity index (χ1) is 16.2. The third kappa shape index (κ3) is 5.36. The maximum absolute atomic E-state index is 12.8. The van der Waals surface area contributed by atoms with Crippen molar-refractivity contribution in [1.29, 1.82) is 0 Å². The van der Waals surface area contributed by atoms with Gasteiger partial charge in [0, 0.05) is 12.3 Å². The molecule has 4 rings (SSSR count). The van der Waals surface area contributed by atoms with Crippen molar-refractivity contribution in [2.24, 2.45) is 5.73 Å². The predicted molar refractivity (Wildman–Crippen MR) is 138 cm³/mol. The van der Waals surface area contributed by atoms with Crippen LogP contribution in [-0.4, -0.2) is 17.7 Å². The van der Waals surface area contributed by atoms with Crippen molar-refractivity contribution in [3.63, 3.8) is 0 Å². The Labute approximate surface area is 200 Å². The molecule has 0 bridgehead atoms. The fraction of sp³-hybridized carbons (Fsp3) is 0.138. The van der Waals surface area contributed by atoms with Crippen molar-refractivity contribution in [2.75, 3.05) is 5.75 Å². The van der Waals surface area contributed by atoms with Gasteiger partial charge in [0.25, 0.3) is 0 Å². The molecule has 4 aromatic rings. The Bertz CT molecular complexity index is 1040. The van der Waals surface area contributed by atoms with E-state index >= 15 is 0 Å². The summed E-state index contributed by atoms with van der Waals surface area (Å²) in [6.07, 6.45) is 0. The number of amides is 1. The molecule has 0 saturated carbocycles. The standard InChI is InChI=1S/C29H28N2OS/c30-27(28(32)31-21-23-13-5-1-6-14-23)22-33-29(24-15-7-2-8-16-24,25-17-9-3-10-18-25)26-19-11-4-12-20-26/h1-20,27H,21-22,30H2,(H,31,32). The Hall–Kier alpha value is -3.34. The van der Waals surface area contributed by atoms with Crippen molar-refractivity contribution in [1.82, 2.24) is 5.32 Å². The molecule has 1 atom stereocenters. The molecule has 0 saturated heterocycles. The summed E-state index contributed by atoms with van der Waals surface area (Å²) in [7, 11) is 0. The van der Waals surface area contributed by atoms with E-state index in [1.54, 1.807) is 11.8 Å². The van der Waals surface area contributed by atoms with E-state index in [0.717, 1.165) is 22.3 Å². The average molecular weight is 453 g/mol. The van der Waals surface area contributed by atoms with Gasteiger partial charge in [-0.3, -0.25) is 4.79 Å². The van der Waals surface area contributed by atoms with Crippen molar-refractivity contribution in [3.05, 3.63) is 144 Å². The van der Waals surface area contributed by atoms with Gasteiger partial charge in [-0.05, 0) is 22.3 Å². The molecule has 1 unspecified atom stereocenters. The van der Waals surface area contributed by atoms with E-state index < -0.39 is 10.8 Å². The molecule has 0 radical (unpaired) electrons. The monoisotopic (exact) mass is 452 g/mol. The Balaban J connectivity index is 1.62. The van der Waals surface area contributed by atoms with Crippen molar-refractivity contribution >= 4 is 17.7 Å². The molecule has 0 aromatic heterocycles. The van der Waals surface area contributed by atoms with E-state index in [0.29, 0.717) is 12.3 Å². The lowest BCUT2D eigenvalue weighted by atomic mass is 9.84. The zero-order chi connectivity index (χ0) is 22.9. The zero-order valence-electron chi connectivity index (χ0n) is 18.4. The van der Waals surface area contributed by atoms with Gasteiger partial charge >= 0.3 is 0 Å². The minimum Gasteiger partial charge on any atom is -0.351 e. The fourth-order valence-corrected chi connectivity index (χ4v) is 5.46. The molecule has 3 nitrogen and oxygen atoms in total. The number of nitrogens with one attached hydrogen (secondary N) is 1. The normalized spacial score (nSPS) is 12.2. The topological polar surface area (TPSA) is 55.1 Å². The SMILES string of the molecule is NC(CSC(c1ccccc1)(c1ccccc1)c1ccccc1)C(=O)NCc1ccccc1. The van der Waals surface area contributed by atoms with E-state index in [2.05, 4.69) is 78.1 Å². The first-order valence-electron chi connectivity index (χ1n) is 11.1. The number of carbonyl (C=O) groups is 1. The molecule has 0 aliphatic rings. The van der Waals surface area contributed by atoms with Crippen LogP contribution in [0.15, 0.2) is 121 Å². The number of nitrogens with two attached hydrogens (primary N) is 1. The van der Waals surface area contributed by atoms with E-state index in [4.69, 9.17) is 5.73 Å². The van der Waals surface area contributed by atoms with Gasteiger partial charge < -0.3 is 11.1 Å². The van der Waals surface area contributed by atoms with Gasteiger partial charge in [-0.2, -0.15) is 0 Å². The molecule has 4 aromatic carbocycles. The van der Waals surface area contributed by atoms with Crippen LogP contribution in [0.25, 0.3) is 0 Å². The fourth-order valence-electron chi connectivity index (χ4n) is 3.98. The Morgan fingerprint density at radius 2 is 1.09 bits per heavy atom. The average Bonchev–Trinajstić information content (AvgIpc) is 2.90. The Kier molecular flexibility index (Phi) is 7.61. The summed E-state index contributed by atoms with van der Waals surface area (Å²) in [4.78, 5) is 12.8. The summed E-state index contributed by atoms with van der Waals surface area (Å²) in [6.45, 7) is 0.471. The van der Waals surface area contributed by atoms with Crippen LogP contribution in [0.4, 0.5) is 0 Å². The minimum absolute atomic E-state index is 0.144. The number of hydrogen-bond donors (Lipinski definition) is 2. The summed E-state index contributed by atoms with van der Waals surface area (Å²) in [5.74, 6) is 0.327. The minimum atomic E-state index is -0.630. The second-order valence-corrected chi connectivity index (χ2v) is 9.13. The first kappa shape index (κ1) is 22.8. The second kappa shape index (κ2) is 11.0. The highest BCUT2D eigenvalue weighted by molar-refractivity contribution is 8.00. The molecule has 0 fully saturated rings. The second-order valence-electron chi connectivity index (χ2n) is 7.90. The molecule has 3 N–H and O–H groups in total. The molecule has 0 heterocycles. The number of benzene rings is 4. The molecule has 1 amide bonds. The zero-order valence-corrected chi connectivity index (χ0v) is 19.2. The summed E-state index contributed by atoms with van der Waals surface area (Å²) in [5, 5.41) is 2.98. The maximum Gasteiger partial charge on any atom is 0.238 e. The third-order valence-electron chi connectivity index (χ3n) is 5.67. The van der Waals surface area contributed by atoms with Gasteiger partial charge in [-0.1, -0.05) is 121 Å². The van der Waals surface area contributed by atoms with Crippen molar-refractivity contribution in [3.8, 4) is 0 Å². The molecule has 0 aliphatic heterocycles. The van der Waals surface area contributed by atoms with Crippen LogP contribution in [0.3, 0.4) is 0 Å². The van der Waals surface area contributed by atoms with Crippen molar-refractivity contribution in [2.45, 2.75) is 17.3 Å². The lowest BCUT2D eigenvalue weighted by molar-refractivity contribution is -0.122. The summed E-state index contributed by atoms with van der Waals surface area (Å²) in [5.41, 5.74) is 10.9. The van der Waals surface area contributed by atoms with Gasteiger partial charge in [-0.25, -0.2) is 0 Å². The molecular formula is C29H28N2OS. The molecule has 4 heteroatoms. The summed E-state index contributed by atoms with van der Waals surface area (Å²) >= 11 is 1.70. The van der Waals surface area contributed by atoms with E-state index in [1.807, 2.05) is 48.5 Å². The molecular weight excluding hydrogens is 424 g/mol. The van der Waals surface area contributed by atoms with Crippen LogP contribution in [0.1, 0.15) is 22.3 Å². The highest BCUT2D eigenvalue weighted by Crippen LogP contribution is 2.48. The summed E-state index contributed by atoms with van der Waals surface area (Å²) < 4.78 is -0.485. The lowest BCUT2D eigenvalue weighted by Gasteiger charge is -2.36. The largest absolute Gasteiger partial charge is 0.351 e. The van der Waals surface area contributed by atoms with E-state index in [9.17, 15) is 4.79 Å². The number of hydrogen-bond acceptors (Lipinski definition) is 3. The number of rotatable bonds is 9. The highest BCUT2D eigenvalue weighted by atomic mass is 32.2. The van der Waals surface area contributed by atoms with Crippen LogP contribution >= 0.6 is 11.8 Å². The van der Waals surface area contributed by atoms with Crippen LogP contribution < -0.4 is 11.1 Å². The van der Waals surface area contributed by atoms with Crippen LogP contribution in [0, 0.1) is 0 Å². The molecule has 166 valence electrons. The van der Waals surface area contributed by atoms with Gasteiger partial charge in [0.05, 0.1) is 10.8 Å². The highest BCUT2D eigenvalue weighted by Gasteiger charge is 2.37. The first-order valence-corrected chi connectivity index (χ1v) is 12.1. The van der Waals surface area contributed by atoms with Crippen LogP contribution in [0.2, 0.25) is 0 Å². The quantitative estimate of drug-likeness (QED) is 0.336. The third-order valence-corrected chi connectivity index (χ3v) is 7.33. The van der Waals surface area contributed by atoms with E-state index in [1.165, 1.54) is 0 Å². The summed E-state index contributed by atoms with van der Waals surface area (Å²) in [6, 6.07) is 40.6. The van der Waals surface area contributed by atoms with Gasteiger partial charge in [-0.15, -0.1) is 11.8 Å². The Morgan fingerprint density at radius 3 is 1.52 bits per heavy atom. The Morgan fingerprint density at radius 1 is 0.697 bits per heavy atom. The molecule has 33 heavy (non-hydrogen) atoms. The van der Waals surface area contributed by atoms with Gasteiger partial charge in [0.15, 0.2) is 0 Å².